The number of hydrogen-bond donors (Lipinski definition) is 1. The maximum Gasteiger partial charge on any atom is 0.407 e. The van der Waals surface area contributed by atoms with Crippen LogP contribution in [0.2, 0.25) is 0 Å². The van der Waals surface area contributed by atoms with E-state index in [4.69, 9.17) is 9.94 Å². The van der Waals surface area contributed by atoms with Crippen molar-refractivity contribution in [3.8, 4) is 0 Å². The zero-order valence-electron chi connectivity index (χ0n) is 7.57. The molecule has 1 fully saturated rings. The third-order valence-corrected chi connectivity index (χ3v) is 3.18. The molecule has 0 radical (unpaired) electrons. The van der Waals surface area contributed by atoms with Crippen LogP contribution in [0.3, 0.4) is 0 Å². The molecule has 2 aliphatic rings. The summed E-state index contributed by atoms with van der Waals surface area (Å²) < 4.78 is 0.821. The van der Waals surface area contributed by atoms with E-state index in [2.05, 4.69) is 21.1 Å². The molecule has 14 heavy (non-hydrogen) atoms. The molecule has 0 aromatic heterocycles. The average molecular weight is 263 g/mol. The van der Waals surface area contributed by atoms with Gasteiger partial charge in [0.25, 0.3) is 0 Å². The summed E-state index contributed by atoms with van der Waals surface area (Å²) in [5.41, 5.74) is -0.245. The number of oxime groups is 1. The van der Waals surface area contributed by atoms with Crippen molar-refractivity contribution >= 4 is 26.6 Å². The number of likely N-dealkylation sites (tertiary alicyclic amines) is 1. The van der Waals surface area contributed by atoms with Crippen molar-refractivity contribution < 1.29 is 14.7 Å². The number of carbonyl (C=O) groups is 1. The van der Waals surface area contributed by atoms with Crippen molar-refractivity contribution in [2.24, 2.45) is 5.16 Å². The normalized spacial score (nSPS) is 24.6. The third-order valence-electron chi connectivity index (χ3n) is 2.75. The predicted octanol–water partition coefficient (Wildman–Crippen LogP) is 1.63. The van der Waals surface area contributed by atoms with E-state index in [1.807, 2.05) is 0 Å². The fourth-order valence-electron chi connectivity index (χ4n) is 1.85. The lowest BCUT2D eigenvalue weighted by Gasteiger charge is -2.35. The zero-order valence-corrected chi connectivity index (χ0v) is 9.16. The van der Waals surface area contributed by atoms with Crippen molar-refractivity contribution in [1.82, 2.24) is 4.90 Å². The van der Waals surface area contributed by atoms with Crippen LogP contribution in [0, 0.1) is 0 Å². The van der Waals surface area contributed by atoms with Crippen LogP contribution in [-0.2, 0) is 4.84 Å². The first-order chi connectivity index (χ1) is 6.61. The van der Waals surface area contributed by atoms with Crippen molar-refractivity contribution in [3.63, 3.8) is 0 Å². The minimum atomic E-state index is -0.849. The molecule has 1 N–H and O–H groups in total. The summed E-state index contributed by atoms with van der Waals surface area (Å²) in [5, 5.41) is 12.6. The molecule has 1 spiro atoms. The second-order valence-corrected chi connectivity index (χ2v) is 4.60. The molecule has 2 heterocycles. The van der Waals surface area contributed by atoms with E-state index in [0.29, 0.717) is 13.1 Å². The van der Waals surface area contributed by atoms with Gasteiger partial charge in [0, 0.05) is 32.4 Å². The smallest absolute Gasteiger partial charge is 0.407 e. The van der Waals surface area contributed by atoms with Gasteiger partial charge in [-0.15, -0.1) is 0 Å². The molecule has 0 unspecified atom stereocenters. The number of carboxylic acid groups (broad SMARTS) is 1. The predicted molar refractivity (Wildman–Crippen MR) is 53.6 cm³/mol. The summed E-state index contributed by atoms with van der Waals surface area (Å²) in [4.78, 5) is 17.4. The van der Waals surface area contributed by atoms with Gasteiger partial charge in [0.2, 0.25) is 0 Å². The van der Waals surface area contributed by atoms with Gasteiger partial charge in [0.05, 0.1) is 0 Å². The van der Waals surface area contributed by atoms with Gasteiger partial charge in [-0.2, -0.15) is 0 Å². The number of piperidine rings is 1. The Morgan fingerprint density at radius 3 is 2.64 bits per heavy atom. The zero-order chi connectivity index (χ0) is 10.2. The lowest BCUT2D eigenvalue weighted by Crippen LogP contribution is -2.46. The maximum absolute atomic E-state index is 10.7. The lowest BCUT2D eigenvalue weighted by atomic mass is 9.89. The Labute approximate surface area is 89.8 Å². The topological polar surface area (TPSA) is 62.1 Å². The molecular formula is C8H11BrN2O3. The molecule has 2 aliphatic heterocycles. The first-order valence-electron chi connectivity index (χ1n) is 4.50. The van der Waals surface area contributed by atoms with Gasteiger partial charge in [0.15, 0.2) is 0 Å². The first-order valence-corrected chi connectivity index (χ1v) is 5.29. The first kappa shape index (κ1) is 9.76. The molecule has 0 bridgehead atoms. The Morgan fingerprint density at radius 2 is 2.21 bits per heavy atom. The van der Waals surface area contributed by atoms with Gasteiger partial charge in [-0.05, 0) is 15.9 Å². The molecule has 0 aromatic carbocycles. The molecule has 5 nitrogen and oxygen atoms in total. The van der Waals surface area contributed by atoms with E-state index >= 15 is 0 Å². The minimum Gasteiger partial charge on any atom is -0.465 e. The summed E-state index contributed by atoms with van der Waals surface area (Å²) >= 11 is 3.29. The van der Waals surface area contributed by atoms with Gasteiger partial charge in [-0.3, -0.25) is 0 Å². The quantitative estimate of drug-likeness (QED) is 0.722. The van der Waals surface area contributed by atoms with Crippen LogP contribution in [0.1, 0.15) is 19.3 Å². The minimum absolute atomic E-state index is 0.245. The van der Waals surface area contributed by atoms with Crippen LogP contribution in [-0.4, -0.2) is 39.4 Å². The molecule has 1 saturated heterocycles. The monoisotopic (exact) mass is 262 g/mol. The summed E-state index contributed by atoms with van der Waals surface area (Å²) in [6, 6.07) is 0. The van der Waals surface area contributed by atoms with Crippen LogP contribution in [0.25, 0.3) is 0 Å². The fourth-order valence-corrected chi connectivity index (χ4v) is 2.43. The number of halogens is 1. The highest BCUT2D eigenvalue weighted by Gasteiger charge is 2.42. The maximum atomic E-state index is 10.7. The van der Waals surface area contributed by atoms with E-state index < -0.39 is 6.09 Å². The van der Waals surface area contributed by atoms with E-state index in [-0.39, 0.29) is 5.60 Å². The van der Waals surface area contributed by atoms with Gasteiger partial charge in [-0.25, -0.2) is 4.79 Å². The number of nitrogens with zero attached hydrogens (tertiary/aromatic N) is 2. The highest BCUT2D eigenvalue weighted by Crippen LogP contribution is 2.35. The Morgan fingerprint density at radius 1 is 1.57 bits per heavy atom. The van der Waals surface area contributed by atoms with Crippen LogP contribution in [0.5, 0.6) is 0 Å². The van der Waals surface area contributed by atoms with E-state index in [9.17, 15) is 4.79 Å². The lowest BCUT2D eigenvalue weighted by molar-refractivity contribution is -0.0575. The van der Waals surface area contributed by atoms with Gasteiger partial charge < -0.3 is 14.8 Å². The highest BCUT2D eigenvalue weighted by molar-refractivity contribution is 9.18. The molecular weight excluding hydrogens is 252 g/mol. The van der Waals surface area contributed by atoms with E-state index in [1.54, 1.807) is 0 Å². The molecule has 0 atom stereocenters. The summed E-state index contributed by atoms with van der Waals surface area (Å²) in [6.45, 7) is 1.07. The summed E-state index contributed by atoms with van der Waals surface area (Å²) in [7, 11) is 0. The molecule has 0 saturated carbocycles. The van der Waals surface area contributed by atoms with E-state index in [1.165, 1.54) is 4.90 Å². The molecule has 0 aromatic rings. The number of rotatable bonds is 0. The van der Waals surface area contributed by atoms with E-state index in [0.717, 1.165) is 23.9 Å². The van der Waals surface area contributed by atoms with Crippen LogP contribution in [0.4, 0.5) is 4.79 Å². The summed E-state index contributed by atoms with van der Waals surface area (Å²) in [6.07, 6.45) is 1.36. The molecule has 6 heteroatoms. The standard InChI is InChI=1S/C8H11BrN2O3/c9-6-5-8(14-10-6)1-3-11(4-2-8)7(12)13/h1-5H2,(H,12,13). The number of amides is 1. The molecule has 78 valence electrons. The van der Waals surface area contributed by atoms with Gasteiger partial charge in [-0.1, -0.05) is 5.16 Å². The molecule has 1 amide bonds. The van der Waals surface area contributed by atoms with Gasteiger partial charge in [0.1, 0.15) is 10.2 Å². The highest BCUT2D eigenvalue weighted by atomic mass is 79.9. The Balaban J connectivity index is 1.94. The average Bonchev–Trinajstić information content (AvgIpc) is 2.48. The largest absolute Gasteiger partial charge is 0.465 e. The molecule has 0 aliphatic carbocycles. The Hall–Kier alpha value is -0.780. The second kappa shape index (κ2) is 3.42. The number of hydrogen-bond acceptors (Lipinski definition) is 3. The van der Waals surface area contributed by atoms with Crippen LogP contribution >= 0.6 is 15.9 Å². The van der Waals surface area contributed by atoms with Crippen LogP contribution < -0.4 is 0 Å². The van der Waals surface area contributed by atoms with Gasteiger partial charge >= 0.3 is 6.09 Å². The Kier molecular flexibility index (Phi) is 2.38. The molecule has 2 rings (SSSR count). The van der Waals surface area contributed by atoms with Crippen molar-refractivity contribution in [2.75, 3.05) is 13.1 Å². The fraction of sp³-hybridized carbons (Fsp3) is 0.750. The summed E-state index contributed by atoms with van der Waals surface area (Å²) in [5.74, 6) is 0. The third kappa shape index (κ3) is 1.70. The van der Waals surface area contributed by atoms with Crippen molar-refractivity contribution in [2.45, 2.75) is 24.9 Å². The Bertz CT molecular complexity index is 284. The SMILES string of the molecule is O=C(O)N1CCC2(CC1)CC(Br)=NO2. The van der Waals surface area contributed by atoms with Crippen LogP contribution in [0.15, 0.2) is 5.16 Å². The van der Waals surface area contributed by atoms with Crippen molar-refractivity contribution in [3.05, 3.63) is 0 Å². The van der Waals surface area contributed by atoms with Crippen molar-refractivity contribution in [1.29, 1.82) is 0 Å². The second-order valence-electron chi connectivity index (χ2n) is 3.69.